The van der Waals surface area contributed by atoms with E-state index in [2.05, 4.69) is 15.3 Å². The van der Waals surface area contributed by atoms with Crippen molar-refractivity contribution >= 4 is 23.4 Å². The first kappa shape index (κ1) is 18.3. The molecule has 7 heteroatoms. The van der Waals surface area contributed by atoms with Gasteiger partial charge in [-0.2, -0.15) is 0 Å². The lowest BCUT2D eigenvalue weighted by Crippen LogP contribution is -2.16. The van der Waals surface area contributed by atoms with Gasteiger partial charge in [-0.05, 0) is 27.7 Å². The first-order chi connectivity index (χ1) is 12.8. The second kappa shape index (κ2) is 7.03. The fourth-order valence-corrected chi connectivity index (χ4v) is 2.91. The number of nitrogens with one attached hydrogen (secondary N) is 1. The van der Waals surface area contributed by atoms with E-state index in [9.17, 15) is 9.59 Å². The van der Waals surface area contributed by atoms with Gasteiger partial charge in [0.05, 0.1) is 11.3 Å². The highest BCUT2D eigenvalue weighted by Gasteiger charge is 2.25. The Morgan fingerprint density at radius 1 is 1.04 bits per heavy atom. The predicted octanol–water partition coefficient (Wildman–Crippen LogP) is 3.71. The quantitative estimate of drug-likeness (QED) is 0.668. The highest BCUT2D eigenvalue weighted by Crippen LogP contribution is 2.30. The Morgan fingerprint density at radius 2 is 1.70 bits per heavy atom. The van der Waals surface area contributed by atoms with Gasteiger partial charge in [-0.1, -0.05) is 29.8 Å². The van der Waals surface area contributed by atoms with E-state index in [0.29, 0.717) is 17.4 Å². The molecule has 0 saturated carbocycles. The number of nitrogens with two attached hydrogens (primary N) is 1. The normalized spacial score (nSPS) is 10.7. The molecule has 0 bridgehead atoms. The van der Waals surface area contributed by atoms with Gasteiger partial charge in [-0.3, -0.25) is 9.59 Å². The third-order valence-corrected chi connectivity index (χ3v) is 4.11. The van der Waals surface area contributed by atoms with Crippen molar-refractivity contribution in [1.82, 2.24) is 9.97 Å². The molecular formula is C20H20N4O3. The Bertz CT molecular complexity index is 1040. The number of rotatable bonds is 5. The molecule has 138 valence electrons. The number of aromatic nitrogens is 2. The molecule has 0 aliphatic heterocycles. The highest BCUT2D eigenvalue weighted by molar-refractivity contribution is 6.10. The number of furan rings is 1. The lowest BCUT2D eigenvalue weighted by atomic mass is 10.1. The molecule has 2 aromatic heterocycles. The summed E-state index contributed by atoms with van der Waals surface area (Å²) in [7, 11) is 0. The summed E-state index contributed by atoms with van der Waals surface area (Å²) < 4.78 is 5.58. The first-order valence-electron chi connectivity index (χ1n) is 8.40. The van der Waals surface area contributed by atoms with Crippen LogP contribution >= 0.6 is 0 Å². The van der Waals surface area contributed by atoms with Crippen LogP contribution in [0, 0.1) is 20.8 Å². The van der Waals surface area contributed by atoms with Gasteiger partial charge >= 0.3 is 0 Å². The number of carbonyl (C=O) groups excluding carboxylic acids is 2. The van der Waals surface area contributed by atoms with Crippen molar-refractivity contribution in [2.24, 2.45) is 5.73 Å². The van der Waals surface area contributed by atoms with Crippen LogP contribution < -0.4 is 11.1 Å². The van der Waals surface area contributed by atoms with E-state index in [1.165, 1.54) is 6.92 Å². The second-order valence-electron chi connectivity index (χ2n) is 6.33. The minimum Gasteiger partial charge on any atom is -0.444 e. The number of aryl methyl sites for hydroxylation is 3. The minimum atomic E-state index is -0.746. The number of ketones is 1. The summed E-state index contributed by atoms with van der Waals surface area (Å²) >= 11 is 0. The van der Waals surface area contributed by atoms with E-state index in [1.54, 1.807) is 19.9 Å². The molecule has 0 aliphatic rings. The molecule has 27 heavy (non-hydrogen) atoms. The summed E-state index contributed by atoms with van der Waals surface area (Å²) in [5.41, 5.74) is 8.47. The number of primary amides is 1. The fourth-order valence-electron chi connectivity index (χ4n) is 2.91. The van der Waals surface area contributed by atoms with Crippen LogP contribution in [0.4, 0.5) is 11.7 Å². The zero-order chi connectivity index (χ0) is 19.7. The molecule has 0 fully saturated rings. The smallest absolute Gasteiger partial charge is 0.255 e. The summed E-state index contributed by atoms with van der Waals surface area (Å²) in [4.78, 5) is 32.5. The predicted molar refractivity (Wildman–Crippen MR) is 102 cm³/mol. The van der Waals surface area contributed by atoms with Gasteiger partial charge in [-0.25, -0.2) is 9.97 Å². The largest absolute Gasteiger partial charge is 0.444 e. The van der Waals surface area contributed by atoms with Crippen LogP contribution in [0.5, 0.6) is 0 Å². The molecular weight excluding hydrogens is 344 g/mol. The van der Waals surface area contributed by atoms with Crippen LogP contribution in [0.25, 0.3) is 11.3 Å². The molecule has 3 N–H and O–H groups in total. The van der Waals surface area contributed by atoms with Gasteiger partial charge in [0, 0.05) is 11.6 Å². The van der Waals surface area contributed by atoms with E-state index in [-0.39, 0.29) is 22.8 Å². The Labute approximate surface area is 156 Å². The first-order valence-corrected chi connectivity index (χ1v) is 8.40. The number of amides is 1. The summed E-state index contributed by atoms with van der Waals surface area (Å²) in [6.45, 7) is 6.75. The van der Waals surface area contributed by atoms with Crippen molar-refractivity contribution in [3.05, 3.63) is 58.6 Å². The number of nitrogens with zero attached hydrogens (tertiary/aromatic N) is 2. The highest BCUT2D eigenvalue weighted by atomic mass is 16.4. The van der Waals surface area contributed by atoms with Crippen LogP contribution in [0.15, 0.2) is 34.7 Å². The maximum absolute atomic E-state index is 11.9. The monoisotopic (exact) mass is 364 g/mol. The van der Waals surface area contributed by atoms with Crippen molar-refractivity contribution in [2.45, 2.75) is 27.7 Å². The molecule has 0 radical (unpaired) electrons. The summed E-state index contributed by atoms with van der Waals surface area (Å²) in [6.07, 6.45) is 0. The van der Waals surface area contributed by atoms with Crippen LogP contribution in [0.2, 0.25) is 0 Å². The molecule has 3 aromatic rings. The average molecular weight is 364 g/mol. The number of Topliss-reactive ketones (excluding diaryl/α,β-unsaturated/α-hetero) is 1. The molecule has 0 atom stereocenters. The zero-order valence-electron chi connectivity index (χ0n) is 15.6. The molecule has 0 unspecified atom stereocenters. The van der Waals surface area contributed by atoms with Crippen molar-refractivity contribution in [3.63, 3.8) is 0 Å². The number of hydrogen-bond donors (Lipinski definition) is 2. The zero-order valence-corrected chi connectivity index (χ0v) is 15.6. The Kier molecular flexibility index (Phi) is 4.77. The van der Waals surface area contributed by atoms with Crippen molar-refractivity contribution < 1.29 is 14.0 Å². The Hall–Kier alpha value is -3.48. The number of hydrogen-bond acceptors (Lipinski definition) is 6. The third-order valence-electron chi connectivity index (χ3n) is 4.11. The molecule has 3 rings (SSSR count). The van der Waals surface area contributed by atoms with E-state index < -0.39 is 5.91 Å². The third kappa shape index (κ3) is 3.72. The summed E-state index contributed by atoms with van der Waals surface area (Å²) in [6, 6.07) is 9.69. The van der Waals surface area contributed by atoms with E-state index in [1.807, 2.05) is 31.2 Å². The average Bonchev–Trinajstić information content (AvgIpc) is 2.91. The number of anilines is 2. The standard InChI is InChI=1S/C20H20N4O3/c1-10-5-7-14(8-6-10)15-9-16(23-13(4)22-15)24-20-18(19(21)26)17(11(2)25)12(3)27-20/h5-9H,1-4H3,(H2,21,26)(H,22,23,24). The van der Waals surface area contributed by atoms with Gasteiger partial charge in [0.15, 0.2) is 5.78 Å². The Morgan fingerprint density at radius 3 is 2.30 bits per heavy atom. The van der Waals surface area contributed by atoms with E-state index in [4.69, 9.17) is 10.2 Å². The molecule has 0 aliphatic carbocycles. The lowest BCUT2D eigenvalue weighted by molar-refractivity contribution is 0.0974. The molecule has 2 heterocycles. The molecule has 1 aromatic carbocycles. The molecule has 7 nitrogen and oxygen atoms in total. The van der Waals surface area contributed by atoms with Crippen molar-refractivity contribution in [2.75, 3.05) is 5.32 Å². The number of carbonyl (C=O) groups is 2. The number of benzene rings is 1. The molecule has 1 amide bonds. The van der Waals surface area contributed by atoms with Crippen molar-refractivity contribution in [3.8, 4) is 11.3 Å². The lowest BCUT2D eigenvalue weighted by Gasteiger charge is -2.08. The maximum Gasteiger partial charge on any atom is 0.255 e. The van der Waals surface area contributed by atoms with Crippen molar-refractivity contribution in [1.29, 1.82) is 0 Å². The van der Waals surface area contributed by atoms with Crippen LogP contribution in [-0.4, -0.2) is 21.7 Å². The fraction of sp³-hybridized carbons (Fsp3) is 0.200. The van der Waals surface area contributed by atoms with Gasteiger partial charge < -0.3 is 15.5 Å². The topological polar surface area (TPSA) is 111 Å². The Balaban J connectivity index is 2.04. The molecule has 0 saturated heterocycles. The second-order valence-corrected chi connectivity index (χ2v) is 6.33. The maximum atomic E-state index is 11.9. The molecule has 0 spiro atoms. The van der Waals surface area contributed by atoms with Crippen LogP contribution in [0.3, 0.4) is 0 Å². The van der Waals surface area contributed by atoms with Gasteiger partial charge in [0.25, 0.3) is 5.91 Å². The summed E-state index contributed by atoms with van der Waals surface area (Å²) in [5.74, 6) is 0.360. The van der Waals surface area contributed by atoms with Gasteiger partial charge in [0.1, 0.15) is 23.0 Å². The van der Waals surface area contributed by atoms with Gasteiger partial charge in [-0.15, -0.1) is 0 Å². The van der Waals surface area contributed by atoms with E-state index in [0.717, 1.165) is 16.8 Å². The van der Waals surface area contributed by atoms with Crippen LogP contribution in [0.1, 0.15) is 44.8 Å². The summed E-state index contributed by atoms with van der Waals surface area (Å²) in [5, 5.41) is 2.96. The van der Waals surface area contributed by atoms with Crippen LogP contribution in [-0.2, 0) is 0 Å². The minimum absolute atomic E-state index is 0.0214. The van der Waals surface area contributed by atoms with E-state index >= 15 is 0 Å². The SMILES string of the molecule is CC(=O)c1c(C)oc(Nc2cc(-c3ccc(C)cc3)nc(C)n2)c1C(N)=O. The van der Waals surface area contributed by atoms with Gasteiger partial charge in [0.2, 0.25) is 5.88 Å².